The Hall–Kier alpha value is -2.81. The van der Waals surface area contributed by atoms with Gasteiger partial charge < -0.3 is 4.74 Å². The fourth-order valence-corrected chi connectivity index (χ4v) is 4.80. The van der Waals surface area contributed by atoms with Gasteiger partial charge in [0.1, 0.15) is 6.10 Å². The minimum atomic E-state index is -4.63. The van der Waals surface area contributed by atoms with Crippen LogP contribution in [0.15, 0.2) is 53.4 Å². The van der Waals surface area contributed by atoms with Crippen molar-refractivity contribution >= 4 is 27.3 Å². The first-order valence-electron chi connectivity index (χ1n) is 8.30. The number of ether oxygens (including phenoxy) is 1. The summed E-state index contributed by atoms with van der Waals surface area (Å²) in [5.74, 6) is -0.834. The molecule has 1 atom stereocenters. The van der Waals surface area contributed by atoms with E-state index in [0.29, 0.717) is 9.87 Å². The van der Waals surface area contributed by atoms with Gasteiger partial charge >= 0.3 is 6.18 Å². The van der Waals surface area contributed by atoms with E-state index in [0.717, 1.165) is 25.2 Å². The van der Waals surface area contributed by atoms with Gasteiger partial charge in [0.05, 0.1) is 17.7 Å². The number of hydrogen-bond donors (Lipinski definition) is 0. The highest BCUT2D eigenvalue weighted by atomic mass is 32.2. The highest BCUT2D eigenvalue weighted by Gasteiger charge is 2.45. The average molecular weight is 409 g/mol. The number of anilines is 1. The molecule has 0 aromatic heterocycles. The molecule has 9 heteroatoms. The lowest BCUT2D eigenvalue weighted by molar-refractivity contribution is -0.137. The van der Waals surface area contributed by atoms with Gasteiger partial charge in [0.2, 0.25) is 0 Å². The summed E-state index contributed by atoms with van der Waals surface area (Å²) in [6.45, 7) is 0. The third-order valence-corrected chi connectivity index (χ3v) is 6.64. The fraction of sp³-hybridized carbons (Fsp3) is 0.211. The van der Waals surface area contributed by atoms with E-state index in [9.17, 15) is 26.4 Å². The van der Waals surface area contributed by atoms with E-state index >= 15 is 0 Å². The number of carbonyl (C=O) groups excluding carboxylic acids is 1. The zero-order valence-electron chi connectivity index (χ0n) is 14.5. The summed E-state index contributed by atoms with van der Waals surface area (Å²) in [6.07, 6.45) is -5.53. The van der Waals surface area contributed by atoms with E-state index < -0.39 is 38.6 Å². The van der Waals surface area contributed by atoms with Crippen LogP contribution >= 0.6 is 0 Å². The molecule has 0 spiro atoms. The Morgan fingerprint density at radius 2 is 1.79 bits per heavy atom. The molecule has 0 fully saturated rings. The Bertz CT molecular complexity index is 1110. The molecule has 2 aliphatic heterocycles. The molecule has 0 amide bonds. The monoisotopic (exact) mass is 409 g/mol. The minimum Gasteiger partial charge on any atom is -0.483 e. The second-order valence-electron chi connectivity index (χ2n) is 6.50. The maximum Gasteiger partial charge on any atom is 0.416 e. The lowest BCUT2D eigenvalue weighted by Gasteiger charge is -2.35. The zero-order valence-corrected chi connectivity index (χ0v) is 15.3. The van der Waals surface area contributed by atoms with Crippen LogP contribution in [0.4, 0.5) is 18.9 Å². The predicted octanol–water partition coefficient (Wildman–Crippen LogP) is 3.88. The number of Topliss-reactive ketones (excluding diaryl/α,β-unsaturated/α-hetero) is 1. The molecule has 28 heavy (non-hydrogen) atoms. The molecule has 0 saturated carbocycles. The largest absolute Gasteiger partial charge is 0.483 e. The molecule has 5 nitrogen and oxygen atoms in total. The van der Waals surface area contributed by atoms with Crippen molar-refractivity contribution in [3.63, 3.8) is 0 Å². The second kappa shape index (κ2) is 6.10. The number of hydrogen-bond acceptors (Lipinski definition) is 4. The first-order chi connectivity index (χ1) is 13.1. The molecule has 2 aromatic carbocycles. The van der Waals surface area contributed by atoms with Crippen molar-refractivity contribution in [1.82, 2.24) is 0 Å². The summed E-state index contributed by atoms with van der Waals surface area (Å²) in [7, 11) is -3.20. The molecular formula is C19H14F3NO4S. The van der Waals surface area contributed by atoms with Crippen LogP contribution in [0.25, 0.3) is 5.76 Å². The SMILES string of the molecule is CN1c2cc(C(F)(F)F)ccc2C2=C(C(=O)CC(c3ccccc3)O2)S1(=O)=O. The molecule has 0 N–H and O–H groups in total. The fourth-order valence-electron chi connectivity index (χ4n) is 3.35. The second-order valence-corrected chi connectivity index (χ2v) is 8.41. The van der Waals surface area contributed by atoms with Crippen LogP contribution in [0.2, 0.25) is 0 Å². The number of ketones is 1. The van der Waals surface area contributed by atoms with Gasteiger partial charge in [-0.15, -0.1) is 0 Å². The Labute approximate surface area is 159 Å². The smallest absolute Gasteiger partial charge is 0.416 e. The van der Waals surface area contributed by atoms with Gasteiger partial charge in [-0.05, 0) is 23.8 Å². The van der Waals surface area contributed by atoms with Crippen LogP contribution in [0.1, 0.15) is 29.2 Å². The lowest BCUT2D eigenvalue weighted by atomic mass is 9.98. The van der Waals surface area contributed by atoms with Gasteiger partial charge in [-0.2, -0.15) is 13.2 Å². The normalized spacial score (nSPS) is 21.1. The highest BCUT2D eigenvalue weighted by Crippen LogP contribution is 2.47. The number of sulfonamides is 1. The summed E-state index contributed by atoms with van der Waals surface area (Å²) in [5, 5.41) is 0. The molecule has 1 unspecified atom stereocenters. The van der Waals surface area contributed by atoms with Gasteiger partial charge in [0, 0.05) is 12.6 Å². The number of fused-ring (bicyclic) bond motifs is 2. The molecule has 0 radical (unpaired) electrons. The van der Waals surface area contributed by atoms with Crippen molar-refractivity contribution in [2.75, 3.05) is 11.4 Å². The summed E-state index contributed by atoms with van der Waals surface area (Å²) < 4.78 is 71.4. The minimum absolute atomic E-state index is 0.134. The van der Waals surface area contributed by atoms with Crippen molar-refractivity contribution in [2.24, 2.45) is 0 Å². The third-order valence-electron chi connectivity index (χ3n) is 4.79. The Balaban J connectivity index is 1.90. The lowest BCUT2D eigenvalue weighted by Crippen LogP contribution is -2.38. The zero-order chi connectivity index (χ0) is 20.3. The molecule has 146 valence electrons. The van der Waals surface area contributed by atoms with E-state index in [4.69, 9.17) is 4.74 Å². The van der Waals surface area contributed by atoms with Gasteiger partial charge in [0.25, 0.3) is 10.0 Å². The molecule has 0 bridgehead atoms. The first kappa shape index (κ1) is 18.5. The van der Waals surface area contributed by atoms with Gasteiger partial charge in [-0.25, -0.2) is 8.42 Å². The van der Waals surface area contributed by atoms with E-state index in [1.165, 1.54) is 0 Å². The molecule has 0 saturated heterocycles. The number of halogens is 3. The number of carbonyl (C=O) groups is 1. The van der Waals surface area contributed by atoms with Crippen molar-refractivity contribution < 1.29 is 31.1 Å². The topological polar surface area (TPSA) is 63.7 Å². The average Bonchev–Trinajstić information content (AvgIpc) is 2.65. The van der Waals surface area contributed by atoms with Crippen LogP contribution in [-0.4, -0.2) is 21.2 Å². The van der Waals surface area contributed by atoms with Crippen molar-refractivity contribution in [1.29, 1.82) is 0 Å². The Morgan fingerprint density at radius 1 is 1.11 bits per heavy atom. The Morgan fingerprint density at radius 3 is 2.43 bits per heavy atom. The summed E-state index contributed by atoms with van der Waals surface area (Å²) in [6, 6.07) is 11.5. The van der Waals surface area contributed by atoms with Crippen LogP contribution in [0.3, 0.4) is 0 Å². The van der Waals surface area contributed by atoms with Crippen LogP contribution in [-0.2, 0) is 25.7 Å². The predicted molar refractivity (Wildman–Crippen MR) is 95.6 cm³/mol. The molecule has 0 aliphatic carbocycles. The van der Waals surface area contributed by atoms with E-state index in [1.807, 2.05) is 0 Å². The number of rotatable bonds is 1. The number of benzene rings is 2. The van der Waals surface area contributed by atoms with E-state index in [1.54, 1.807) is 30.3 Å². The van der Waals surface area contributed by atoms with Crippen LogP contribution in [0, 0.1) is 0 Å². The highest BCUT2D eigenvalue weighted by molar-refractivity contribution is 7.97. The molecular weight excluding hydrogens is 395 g/mol. The quantitative estimate of drug-likeness (QED) is 0.717. The number of nitrogens with zero attached hydrogens (tertiary/aromatic N) is 1. The third kappa shape index (κ3) is 2.77. The number of allylic oxidation sites excluding steroid dienone is 1. The maximum absolute atomic E-state index is 13.1. The molecule has 2 aromatic rings. The number of alkyl halides is 3. The van der Waals surface area contributed by atoms with Gasteiger partial charge in [-0.3, -0.25) is 9.10 Å². The van der Waals surface area contributed by atoms with Crippen molar-refractivity contribution in [3.8, 4) is 0 Å². The van der Waals surface area contributed by atoms with Crippen LogP contribution < -0.4 is 4.31 Å². The summed E-state index contributed by atoms with van der Waals surface area (Å²) in [5.41, 5.74) is -0.365. The van der Waals surface area contributed by atoms with E-state index in [-0.39, 0.29) is 23.4 Å². The Kier molecular flexibility index (Phi) is 4.04. The molecule has 4 rings (SSSR count). The standard InChI is InChI=1S/C19H14F3NO4S/c1-23-14-9-12(19(20,21)22)7-8-13(14)17-18(28(23,25)26)15(24)10-16(27-17)11-5-3-2-4-6-11/h2-9,16H,10H2,1H3. The molecule has 2 aliphatic rings. The summed E-state index contributed by atoms with van der Waals surface area (Å²) in [4.78, 5) is 12.2. The first-order valence-corrected chi connectivity index (χ1v) is 9.74. The maximum atomic E-state index is 13.1. The van der Waals surface area contributed by atoms with Crippen molar-refractivity contribution in [3.05, 3.63) is 70.1 Å². The summed E-state index contributed by atoms with van der Waals surface area (Å²) >= 11 is 0. The molecule has 2 heterocycles. The van der Waals surface area contributed by atoms with E-state index in [2.05, 4.69) is 0 Å². The van der Waals surface area contributed by atoms with Gasteiger partial charge in [-0.1, -0.05) is 30.3 Å². The van der Waals surface area contributed by atoms with Gasteiger partial charge in [0.15, 0.2) is 16.4 Å². The van der Waals surface area contributed by atoms with Crippen LogP contribution in [0.5, 0.6) is 0 Å². The van der Waals surface area contributed by atoms with Crippen molar-refractivity contribution in [2.45, 2.75) is 18.7 Å².